The number of sulfone groups is 6. The Hall–Kier alpha value is -2.64. The van der Waals surface area contributed by atoms with Gasteiger partial charge in [-0.25, -0.2) is 50.5 Å². The molecule has 108 heavy (non-hydrogen) atoms. The lowest BCUT2D eigenvalue weighted by molar-refractivity contribution is 0.555. The number of unbranched alkanes of at least 4 members (excludes halogenated alkanes) is 54. The first-order chi connectivity index (χ1) is 52.0. The number of hydrogen-bond donors (Lipinski definition) is 0. The molecule has 0 atom stereocenters. The SMILES string of the molecule is CCCCCCCCCCCCS(=O)(=O)c1cc2c3cc(S(=O)(=O)CCCCCCCCCCCC)c(S(=O)(=O)CCCCCCCCCCCC)cc3c3cc(S(=O)(=O)CCCCCCCCCCCC)c(S(=O)(=O)CCCCCCCCCCCC)cc3c2cc1S(=O)(=O)CCCCCCCCCCCC. The highest BCUT2D eigenvalue weighted by Crippen LogP contribution is 2.45. The largest absolute Gasteiger partial charge is 0.224 e. The highest BCUT2D eigenvalue weighted by Gasteiger charge is 2.34. The van der Waals surface area contributed by atoms with E-state index in [1.807, 2.05) is 0 Å². The van der Waals surface area contributed by atoms with E-state index >= 15 is 50.5 Å². The van der Waals surface area contributed by atoms with Gasteiger partial charge in [0.15, 0.2) is 59.0 Å². The van der Waals surface area contributed by atoms with Gasteiger partial charge in [0.25, 0.3) is 0 Å². The van der Waals surface area contributed by atoms with Crippen molar-refractivity contribution in [3.05, 3.63) is 36.4 Å². The normalized spacial score (nSPS) is 12.8. The average Bonchev–Trinajstić information content (AvgIpc) is 0.706. The maximum Gasteiger partial charge on any atom is 0.179 e. The fraction of sp³-hybridized carbons (Fsp3) is 0.800. The van der Waals surface area contributed by atoms with Crippen LogP contribution in [0.4, 0.5) is 0 Å². The van der Waals surface area contributed by atoms with Gasteiger partial charge in [0, 0.05) is 0 Å². The molecular weight excluding hydrogens is 1470 g/mol. The first kappa shape index (κ1) is 97.7. The molecule has 0 saturated carbocycles. The van der Waals surface area contributed by atoms with Crippen molar-refractivity contribution in [2.24, 2.45) is 0 Å². The minimum atomic E-state index is -4.44. The van der Waals surface area contributed by atoms with Crippen LogP contribution in [-0.2, 0) is 59.0 Å². The predicted octanol–water partition coefficient (Wildman–Crippen LogP) is 27.3. The molecule has 0 aliphatic rings. The molecule has 0 N–H and O–H groups in total. The van der Waals surface area contributed by atoms with Crippen molar-refractivity contribution < 1.29 is 50.5 Å². The summed E-state index contributed by atoms with van der Waals surface area (Å²) in [5.41, 5.74) is 0. The van der Waals surface area contributed by atoms with E-state index in [9.17, 15) is 0 Å². The second-order valence-corrected chi connectivity index (χ2v) is 45.0. The zero-order chi connectivity index (χ0) is 78.8. The third-order valence-electron chi connectivity index (χ3n) is 22.7. The van der Waals surface area contributed by atoms with Crippen LogP contribution in [0.1, 0.15) is 427 Å². The lowest BCUT2D eigenvalue weighted by Gasteiger charge is -2.20. The van der Waals surface area contributed by atoms with Crippen LogP contribution in [0.15, 0.2) is 65.8 Å². The molecule has 4 rings (SSSR count). The summed E-state index contributed by atoms with van der Waals surface area (Å²) in [6.07, 6.45) is 56.9. The Morgan fingerprint density at radius 3 is 0.315 bits per heavy atom. The Morgan fingerprint density at radius 2 is 0.222 bits per heavy atom. The highest BCUT2D eigenvalue weighted by atomic mass is 32.2. The molecule has 0 spiro atoms. The van der Waals surface area contributed by atoms with Crippen LogP contribution in [0.3, 0.4) is 0 Å². The zero-order valence-corrected chi connectivity index (χ0v) is 74.4. The molecule has 0 heterocycles. The van der Waals surface area contributed by atoms with Crippen molar-refractivity contribution in [1.29, 1.82) is 0 Å². The molecule has 0 aliphatic heterocycles. The maximum atomic E-state index is 15.4. The number of fused-ring (bicyclic) bond motifs is 6. The van der Waals surface area contributed by atoms with Crippen molar-refractivity contribution in [3.8, 4) is 0 Å². The molecular formula is C90H156O12S6. The lowest BCUT2D eigenvalue weighted by Crippen LogP contribution is -2.17. The summed E-state index contributed by atoms with van der Waals surface area (Å²) in [7, 11) is -26.7. The summed E-state index contributed by atoms with van der Waals surface area (Å²) in [6.45, 7) is 13.1. The predicted molar refractivity (Wildman–Crippen MR) is 462 cm³/mol. The molecule has 0 fully saturated rings. The van der Waals surface area contributed by atoms with Crippen LogP contribution >= 0.6 is 0 Å². The summed E-state index contributed by atoms with van der Waals surface area (Å²) in [5.74, 6) is -2.15. The van der Waals surface area contributed by atoms with Crippen molar-refractivity contribution in [2.45, 2.75) is 456 Å². The third kappa shape index (κ3) is 36.9. The number of benzene rings is 4. The van der Waals surface area contributed by atoms with Crippen molar-refractivity contribution in [1.82, 2.24) is 0 Å². The van der Waals surface area contributed by atoms with Crippen LogP contribution in [0.5, 0.6) is 0 Å². The van der Waals surface area contributed by atoms with Crippen LogP contribution in [-0.4, -0.2) is 85.0 Å². The summed E-state index contributed by atoms with van der Waals surface area (Å²) in [6, 6.07) is 7.99. The van der Waals surface area contributed by atoms with Crippen LogP contribution in [0.2, 0.25) is 0 Å². The molecule has 0 amide bonds. The standard InChI is InChI=1S/C90H156O12S6/c1-7-13-19-25-31-37-43-49-55-61-67-103(91,92)85-73-79-80(74-86(85)104(93,94)68-62-56-50-44-38-32-26-20-14-8-2)82-76-88(106(97,98)70-64-58-52-46-40-34-28-22-16-10-4)90(108(101,102)72-66-60-54-48-42-36-30-24-18-12-6)78-84(82)83-77-89(107(99,100)71-65-59-53-47-41-35-29-23-17-11-5)87(75-81(79)83)105(95,96)69-63-57-51-45-39-33-27-21-15-9-3/h73-78H,7-72H2,1-6H3. The Balaban J connectivity index is 2.12. The van der Waals surface area contributed by atoms with Gasteiger partial charge in [-0.15, -0.1) is 0 Å². The maximum absolute atomic E-state index is 15.4. The number of rotatable bonds is 72. The van der Waals surface area contributed by atoms with Gasteiger partial charge in [-0.1, -0.05) is 388 Å². The molecule has 0 aromatic heterocycles. The second-order valence-electron chi connectivity index (χ2n) is 32.5. The molecule has 0 unspecified atom stereocenters. The van der Waals surface area contributed by atoms with E-state index in [-0.39, 0.29) is 105 Å². The molecule has 18 heteroatoms. The minimum absolute atomic E-state index is 0.102. The van der Waals surface area contributed by atoms with E-state index in [0.717, 1.165) is 231 Å². The van der Waals surface area contributed by atoms with Gasteiger partial charge in [-0.3, -0.25) is 0 Å². The number of hydrogen-bond acceptors (Lipinski definition) is 12. The monoisotopic (exact) mass is 1620 g/mol. The van der Waals surface area contributed by atoms with Crippen LogP contribution < -0.4 is 0 Å². The van der Waals surface area contributed by atoms with E-state index < -0.39 is 88.4 Å². The van der Waals surface area contributed by atoms with Crippen LogP contribution in [0.25, 0.3) is 32.3 Å². The van der Waals surface area contributed by atoms with E-state index in [2.05, 4.69) is 41.5 Å². The molecule has 4 aromatic rings. The quantitative estimate of drug-likeness (QED) is 0.0299. The summed E-state index contributed by atoms with van der Waals surface area (Å²) < 4.78 is 185. The first-order valence-electron chi connectivity index (χ1n) is 44.9. The summed E-state index contributed by atoms with van der Waals surface area (Å²) in [4.78, 5) is -2.61. The second kappa shape index (κ2) is 55.8. The van der Waals surface area contributed by atoms with Gasteiger partial charge in [-0.05, 0) is 107 Å². The van der Waals surface area contributed by atoms with E-state index in [0.29, 0.717) is 38.5 Å². The van der Waals surface area contributed by atoms with Gasteiger partial charge >= 0.3 is 0 Å². The molecule has 0 aliphatic carbocycles. The topological polar surface area (TPSA) is 205 Å². The summed E-state index contributed by atoms with van der Waals surface area (Å²) >= 11 is 0. The van der Waals surface area contributed by atoms with Gasteiger partial charge in [0.1, 0.15) is 0 Å². The fourth-order valence-electron chi connectivity index (χ4n) is 15.8. The smallest absolute Gasteiger partial charge is 0.179 e. The van der Waals surface area contributed by atoms with E-state index in [4.69, 9.17) is 0 Å². The van der Waals surface area contributed by atoms with Gasteiger partial charge in [-0.2, -0.15) is 0 Å². The Labute approximate surface area is 664 Å². The molecule has 0 radical (unpaired) electrons. The zero-order valence-electron chi connectivity index (χ0n) is 69.5. The first-order valence-corrected chi connectivity index (χ1v) is 54.8. The molecule has 0 bridgehead atoms. The Kier molecular flexibility index (Phi) is 50.5. The van der Waals surface area contributed by atoms with Crippen molar-refractivity contribution in [2.75, 3.05) is 34.5 Å². The average molecular weight is 1620 g/mol. The highest BCUT2D eigenvalue weighted by molar-refractivity contribution is 7.95. The molecule has 12 nitrogen and oxygen atoms in total. The van der Waals surface area contributed by atoms with Gasteiger partial charge in [0.05, 0.1) is 63.9 Å². The van der Waals surface area contributed by atoms with E-state index in [1.54, 1.807) is 0 Å². The van der Waals surface area contributed by atoms with Gasteiger partial charge in [0.2, 0.25) is 0 Å². The van der Waals surface area contributed by atoms with Crippen LogP contribution in [0, 0.1) is 0 Å². The van der Waals surface area contributed by atoms with E-state index in [1.165, 1.54) is 113 Å². The fourth-order valence-corrected chi connectivity index (χ4v) is 26.9. The summed E-state index contributed by atoms with van der Waals surface area (Å²) in [5, 5.41) is 0.612. The van der Waals surface area contributed by atoms with Crippen molar-refractivity contribution in [3.63, 3.8) is 0 Å². The van der Waals surface area contributed by atoms with Gasteiger partial charge < -0.3 is 0 Å². The third-order valence-corrected chi connectivity index (χ3v) is 34.1. The minimum Gasteiger partial charge on any atom is -0.224 e. The Bertz CT molecular complexity index is 3150. The molecule has 624 valence electrons. The molecule has 4 aromatic carbocycles. The van der Waals surface area contributed by atoms with Crippen molar-refractivity contribution >= 4 is 91.3 Å². The lowest BCUT2D eigenvalue weighted by atomic mass is 9.94. The molecule has 0 saturated heterocycles. The Morgan fingerprint density at radius 1 is 0.139 bits per heavy atom.